The molecule has 0 spiro atoms. The average molecular weight is 126 g/mol. The second-order valence-corrected chi connectivity index (χ2v) is 2.88. The van der Waals surface area contributed by atoms with Crippen LogP contribution >= 0.6 is 0 Å². The van der Waals surface area contributed by atoms with Crippen LogP contribution in [0.25, 0.3) is 0 Å². The molecule has 1 saturated heterocycles. The Hall–Kier alpha value is -0.370. The van der Waals surface area contributed by atoms with Gasteiger partial charge in [-0.1, -0.05) is 0 Å². The van der Waals surface area contributed by atoms with Crippen molar-refractivity contribution in [3.63, 3.8) is 0 Å². The second kappa shape index (κ2) is 1.81. The van der Waals surface area contributed by atoms with E-state index in [2.05, 4.69) is 31.1 Å². The number of nitrogens with one attached hydrogen (secondary N) is 1. The van der Waals surface area contributed by atoms with Crippen molar-refractivity contribution in [2.45, 2.75) is 32.4 Å². The Balaban J connectivity index is 2.64. The highest BCUT2D eigenvalue weighted by molar-refractivity contribution is 5.94. The van der Waals surface area contributed by atoms with E-state index in [9.17, 15) is 0 Å². The van der Waals surface area contributed by atoms with Crippen molar-refractivity contribution in [2.75, 3.05) is 7.05 Å². The molecule has 0 bridgehead atoms. The van der Waals surface area contributed by atoms with E-state index >= 15 is 0 Å². The maximum absolute atomic E-state index is 4.13. The lowest BCUT2D eigenvalue weighted by Gasteiger charge is -2.04. The van der Waals surface area contributed by atoms with Gasteiger partial charge in [0, 0.05) is 18.8 Å². The van der Waals surface area contributed by atoms with Gasteiger partial charge < -0.3 is 5.32 Å². The third-order valence-electron chi connectivity index (χ3n) is 2.39. The molecule has 1 heterocycles. The van der Waals surface area contributed by atoms with E-state index < -0.39 is 0 Å². The van der Waals surface area contributed by atoms with Gasteiger partial charge in [0.2, 0.25) is 0 Å². The van der Waals surface area contributed by atoms with Crippen molar-refractivity contribution >= 4 is 5.71 Å². The summed E-state index contributed by atoms with van der Waals surface area (Å²) in [7, 11) is 1.84. The van der Waals surface area contributed by atoms with E-state index in [1.807, 2.05) is 7.05 Å². The fourth-order valence-electron chi connectivity index (χ4n) is 1.06. The lowest BCUT2D eigenvalue weighted by atomic mass is 10.0. The molecule has 2 heteroatoms. The minimum atomic E-state index is 0.217. The minimum Gasteiger partial charge on any atom is -0.301 e. The summed E-state index contributed by atoms with van der Waals surface area (Å²) in [5.41, 5.74) is 1.42. The SMILES string of the molecule is CN=C(C)[C@]1(C)N[C@@H]1C. The van der Waals surface area contributed by atoms with Crippen LogP contribution in [0, 0.1) is 0 Å². The number of nitrogens with zero attached hydrogens (tertiary/aromatic N) is 1. The molecule has 1 aliphatic rings. The Morgan fingerprint density at radius 3 is 2.22 bits per heavy atom. The molecular formula is C7H14N2. The quantitative estimate of drug-likeness (QED) is 0.410. The van der Waals surface area contributed by atoms with Gasteiger partial charge in [-0.2, -0.15) is 0 Å². The van der Waals surface area contributed by atoms with Crippen LogP contribution in [0.1, 0.15) is 20.8 Å². The third-order valence-corrected chi connectivity index (χ3v) is 2.39. The lowest BCUT2D eigenvalue weighted by Crippen LogP contribution is -2.21. The Bertz CT molecular complexity index is 151. The molecule has 1 aliphatic heterocycles. The summed E-state index contributed by atoms with van der Waals surface area (Å²) in [6.07, 6.45) is 0. The summed E-state index contributed by atoms with van der Waals surface area (Å²) >= 11 is 0. The smallest absolute Gasteiger partial charge is 0.0688 e. The summed E-state index contributed by atoms with van der Waals surface area (Å²) in [6.45, 7) is 6.42. The summed E-state index contributed by atoms with van der Waals surface area (Å²) in [6, 6.07) is 0.612. The summed E-state index contributed by atoms with van der Waals surface area (Å²) in [5, 5.41) is 3.33. The first-order valence-corrected chi connectivity index (χ1v) is 3.33. The lowest BCUT2D eigenvalue weighted by molar-refractivity contribution is 0.890. The standard InChI is InChI=1S/C7H14N2/c1-5(8-4)7(3)6(2)9-7/h6,9H,1-4H3/t6-,7+/m1/s1. The molecule has 52 valence electrons. The number of hydrogen-bond acceptors (Lipinski definition) is 2. The van der Waals surface area contributed by atoms with Crippen LogP contribution in [0.5, 0.6) is 0 Å². The van der Waals surface area contributed by atoms with Crippen molar-refractivity contribution in [3.8, 4) is 0 Å². The molecule has 1 fully saturated rings. The van der Waals surface area contributed by atoms with Gasteiger partial charge in [-0.15, -0.1) is 0 Å². The molecule has 0 amide bonds. The zero-order valence-corrected chi connectivity index (χ0v) is 6.52. The first kappa shape index (κ1) is 6.75. The molecule has 2 atom stereocenters. The van der Waals surface area contributed by atoms with Crippen LogP contribution in [0.2, 0.25) is 0 Å². The molecule has 0 aromatic carbocycles. The van der Waals surface area contributed by atoms with Crippen molar-refractivity contribution in [1.29, 1.82) is 0 Å². The van der Waals surface area contributed by atoms with Gasteiger partial charge in [-0.25, -0.2) is 0 Å². The van der Waals surface area contributed by atoms with E-state index in [4.69, 9.17) is 0 Å². The highest BCUT2D eigenvalue weighted by atomic mass is 15.2. The summed E-state index contributed by atoms with van der Waals surface area (Å²) in [5.74, 6) is 0. The van der Waals surface area contributed by atoms with Crippen molar-refractivity contribution in [2.24, 2.45) is 4.99 Å². The molecule has 1 N–H and O–H groups in total. The predicted octanol–water partition coefficient (Wildman–Crippen LogP) is 0.828. The Morgan fingerprint density at radius 1 is 1.67 bits per heavy atom. The maximum Gasteiger partial charge on any atom is 0.0688 e. The molecule has 0 unspecified atom stereocenters. The van der Waals surface area contributed by atoms with Crippen LogP contribution in [-0.2, 0) is 0 Å². The molecule has 1 rings (SSSR count). The Kier molecular flexibility index (Phi) is 1.35. The van der Waals surface area contributed by atoms with Crippen LogP contribution in [0.3, 0.4) is 0 Å². The van der Waals surface area contributed by atoms with E-state index in [-0.39, 0.29) is 5.54 Å². The van der Waals surface area contributed by atoms with Crippen molar-refractivity contribution in [1.82, 2.24) is 5.32 Å². The number of rotatable bonds is 1. The van der Waals surface area contributed by atoms with E-state index in [1.165, 1.54) is 5.71 Å². The second-order valence-electron chi connectivity index (χ2n) is 2.88. The molecule has 0 aromatic rings. The third kappa shape index (κ3) is 0.874. The highest BCUT2D eigenvalue weighted by Crippen LogP contribution is 2.26. The average Bonchev–Trinajstić information content (AvgIpc) is 2.41. The van der Waals surface area contributed by atoms with Gasteiger partial charge in [0.15, 0.2) is 0 Å². The Labute approximate surface area is 56.4 Å². The monoisotopic (exact) mass is 126 g/mol. The maximum atomic E-state index is 4.13. The van der Waals surface area contributed by atoms with E-state index in [1.54, 1.807) is 0 Å². The fraction of sp³-hybridized carbons (Fsp3) is 0.857. The van der Waals surface area contributed by atoms with Gasteiger partial charge in [0.1, 0.15) is 0 Å². The van der Waals surface area contributed by atoms with Crippen LogP contribution in [-0.4, -0.2) is 24.3 Å². The Morgan fingerprint density at radius 2 is 2.11 bits per heavy atom. The minimum absolute atomic E-state index is 0.217. The normalized spacial score (nSPS) is 43.1. The first-order chi connectivity index (χ1) is 4.11. The van der Waals surface area contributed by atoms with Gasteiger partial charge in [-0.05, 0) is 20.8 Å². The molecule has 0 saturated carbocycles. The van der Waals surface area contributed by atoms with E-state index in [0.29, 0.717) is 6.04 Å². The van der Waals surface area contributed by atoms with Crippen LogP contribution in [0.15, 0.2) is 4.99 Å². The zero-order chi connectivity index (χ0) is 7.07. The largest absolute Gasteiger partial charge is 0.301 e. The van der Waals surface area contributed by atoms with Gasteiger partial charge in [0.05, 0.1) is 5.54 Å². The molecule has 0 aliphatic carbocycles. The number of aliphatic imine (C=N–C) groups is 1. The van der Waals surface area contributed by atoms with E-state index in [0.717, 1.165) is 0 Å². The molecule has 0 radical (unpaired) electrons. The van der Waals surface area contributed by atoms with Crippen LogP contribution in [0.4, 0.5) is 0 Å². The highest BCUT2D eigenvalue weighted by Gasteiger charge is 2.47. The van der Waals surface area contributed by atoms with Crippen molar-refractivity contribution < 1.29 is 0 Å². The summed E-state index contributed by atoms with van der Waals surface area (Å²) < 4.78 is 0. The molecule has 9 heavy (non-hydrogen) atoms. The molecular weight excluding hydrogens is 112 g/mol. The predicted molar refractivity (Wildman–Crippen MR) is 40.0 cm³/mol. The summed E-state index contributed by atoms with van der Waals surface area (Å²) in [4.78, 5) is 4.13. The van der Waals surface area contributed by atoms with Gasteiger partial charge in [-0.3, -0.25) is 4.99 Å². The zero-order valence-electron chi connectivity index (χ0n) is 6.52. The van der Waals surface area contributed by atoms with Gasteiger partial charge in [0.25, 0.3) is 0 Å². The van der Waals surface area contributed by atoms with Crippen LogP contribution < -0.4 is 5.32 Å². The topological polar surface area (TPSA) is 34.3 Å². The first-order valence-electron chi connectivity index (χ1n) is 3.33. The molecule has 2 nitrogen and oxygen atoms in total. The fourth-order valence-corrected chi connectivity index (χ4v) is 1.06. The molecule has 0 aromatic heterocycles. The van der Waals surface area contributed by atoms with Crippen molar-refractivity contribution in [3.05, 3.63) is 0 Å². The number of hydrogen-bond donors (Lipinski definition) is 1. The van der Waals surface area contributed by atoms with Gasteiger partial charge >= 0.3 is 0 Å².